The molecule has 1 fully saturated rings. The van der Waals surface area contributed by atoms with Gasteiger partial charge in [-0.25, -0.2) is 4.39 Å². The predicted molar refractivity (Wildman–Crippen MR) is 108 cm³/mol. The number of rotatable bonds is 5. The van der Waals surface area contributed by atoms with Gasteiger partial charge in [0, 0.05) is 47.8 Å². The van der Waals surface area contributed by atoms with Gasteiger partial charge in [0.1, 0.15) is 5.82 Å². The van der Waals surface area contributed by atoms with Crippen LogP contribution in [0, 0.1) is 19.7 Å². The van der Waals surface area contributed by atoms with Crippen LogP contribution in [0.5, 0.6) is 0 Å². The molecule has 27 heavy (non-hydrogen) atoms. The molecular formula is C20H24ClFN2O2S. The topological polar surface area (TPSA) is 49.4 Å². The molecule has 1 aromatic heterocycles. The normalized spacial score (nSPS) is 16.7. The van der Waals surface area contributed by atoms with Crippen LogP contribution in [0.15, 0.2) is 30.3 Å². The molecular weight excluding hydrogens is 387 g/mol. The number of hydrogen-bond donors (Lipinski definition) is 1. The van der Waals surface area contributed by atoms with Gasteiger partial charge in [-0.2, -0.15) is 0 Å². The summed E-state index contributed by atoms with van der Waals surface area (Å²) < 4.78 is 13.6. The molecule has 0 saturated carbocycles. The Morgan fingerprint density at radius 3 is 2.70 bits per heavy atom. The molecule has 1 N–H and O–H groups in total. The first-order chi connectivity index (χ1) is 12.5. The second kappa shape index (κ2) is 9.44. The molecule has 0 spiro atoms. The van der Waals surface area contributed by atoms with Crippen LogP contribution in [0.3, 0.4) is 0 Å². The molecule has 1 amide bonds. The molecule has 4 nitrogen and oxygen atoms in total. The van der Waals surface area contributed by atoms with E-state index in [4.69, 9.17) is 0 Å². The number of thiophene rings is 1. The Morgan fingerprint density at radius 2 is 2.04 bits per heavy atom. The Kier molecular flexibility index (Phi) is 7.53. The summed E-state index contributed by atoms with van der Waals surface area (Å²) in [4.78, 5) is 29.1. The van der Waals surface area contributed by atoms with E-state index in [9.17, 15) is 14.0 Å². The highest BCUT2D eigenvalue weighted by atomic mass is 35.5. The number of hydrogen-bond acceptors (Lipinski definition) is 4. The van der Waals surface area contributed by atoms with Crippen LogP contribution in [-0.2, 0) is 4.79 Å². The van der Waals surface area contributed by atoms with E-state index in [-0.39, 0.29) is 48.8 Å². The fraction of sp³-hybridized carbons (Fsp3) is 0.400. The number of piperazine rings is 1. The third kappa shape index (κ3) is 5.15. The van der Waals surface area contributed by atoms with Crippen molar-refractivity contribution in [1.82, 2.24) is 10.2 Å². The predicted octanol–water partition coefficient (Wildman–Crippen LogP) is 4.06. The van der Waals surface area contributed by atoms with Gasteiger partial charge in [-0.3, -0.25) is 9.59 Å². The van der Waals surface area contributed by atoms with Gasteiger partial charge in [-0.15, -0.1) is 23.7 Å². The van der Waals surface area contributed by atoms with Crippen LogP contribution >= 0.6 is 23.7 Å². The Labute approximate surface area is 169 Å². The van der Waals surface area contributed by atoms with Gasteiger partial charge in [-0.1, -0.05) is 12.1 Å². The Hall–Kier alpha value is -1.76. The molecule has 1 atom stereocenters. The first-order valence-electron chi connectivity index (χ1n) is 8.81. The molecule has 2 heterocycles. The molecule has 7 heteroatoms. The molecule has 0 bridgehead atoms. The highest BCUT2D eigenvalue weighted by Crippen LogP contribution is 2.25. The summed E-state index contributed by atoms with van der Waals surface area (Å²) >= 11 is 1.60. The summed E-state index contributed by atoms with van der Waals surface area (Å²) in [6, 6.07) is 8.06. The lowest BCUT2D eigenvalue weighted by molar-refractivity contribution is -0.134. The van der Waals surface area contributed by atoms with Gasteiger partial charge >= 0.3 is 0 Å². The van der Waals surface area contributed by atoms with Crippen molar-refractivity contribution in [2.75, 3.05) is 19.6 Å². The summed E-state index contributed by atoms with van der Waals surface area (Å²) in [5.74, 6) is -0.352. The highest BCUT2D eigenvalue weighted by Gasteiger charge is 2.28. The number of benzene rings is 1. The first-order valence-corrected chi connectivity index (χ1v) is 9.63. The second-order valence-electron chi connectivity index (χ2n) is 6.61. The van der Waals surface area contributed by atoms with Gasteiger partial charge in [0.25, 0.3) is 0 Å². The maximum atomic E-state index is 13.6. The number of carbonyl (C=O) groups excluding carboxylic acids is 2. The summed E-state index contributed by atoms with van der Waals surface area (Å²) in [6.07, 6.45) is 0.384. The van der Waals surface area contributed by atoms with Gasteiger partial charge in [0.2, 0.25) is 5.91 Å². The lowest BCUT2D eigenvalue weighted by atomic mass is 10.0. The largest absolute Gasteiger partial charge is 0.333 e. The second-order valence-corrected chi connectivity index (χ2v) is 8.07. The molecule has 1 aliphatic heterocycles. The van der Waals surface area contributed by atoms with E-state index in [0.29, 0.717) is 19.6 Å². The van der Waals surface area contributed by atoms with Crippen molar-refractivity contribution in [3.63, 3.8) is 0 Å². The van der Waals surface area contributed by atoms with E-state index < -0.39 is 0 Å². The van der Waals surface area contributed by atoms with E-state index >= 15 is 0 Å². The minimum atomic E-state index is -0.307. The van der Waals surface area contributed by atoms with E-state index in [0.717, 1.165) is 20.9 Å². The number of amides is 1. The first kappa shape index (κ1) is 21.5. The SMILES string of the molecule is Cc1cc(C(=O)CCC(=O)N2CCNCC2c2cccc(F)c2)c(C)s1.Cl. The summed E-state index contributed by atoms with van der Waals surface area (Å²) in [5, 5.41) is 3.26. The van der Waals surface area contributed by atoms with Gasteiger partial charge < -0.3 is 10.2 Å². The molecule has 0 aliphatic carbocycles. The van der Waals surface area contributed by atoms with Crippen LogP contribution in [0.25, 0.3) is 0 Å². The van der Waals surface area contributed by atoms with Crippen molar-refractivity contribution in [2.45, 2.75) is 32.7 Å². The molecule has 0 radical (unpaired) electrons. The van der Waals surface area contributed by atoms with Crippen molar-refractivity contribution >= 4 is 35.4 Å². The quantitative estimate of drug-likeness (QED) is 0.756. The van der Waals surface area contributed by atoms with Crippen molar-refractivity contribution in [3.05, 3.63) is 57.0 Å². The Morgan fingerprint density at radius 1 is 1.26 bits per heavy atom. The van der Waals surface area contributed by atoms with Crippen molar-refractivity contribution < 1.29 is 14.0 Å². The molecule has 1 saturated heterocycles. The summed E-state index contributed by atoms with van der Waals surface area (Å²) in [6.45, 7) is 5.76. The smallest absolute Gasteiger partial charge is 0.223 e. The lowest BCUT2D eigenvalue weighted by Crippen LogP contribution is -2.48. The van der Waals surface area contributed by atoms with Crippen LogP contribution < -0.4 is 5.32 Å². The molecule has 1 aromatic carbocycles. The van der Waals surface area contributed by atoms with E-state index in [1.165, 1.54) is 12.1 Å². The third-order valence-corrected chi connectivity index (χ3v) is 5.67. The number of Topliss-reactive ketones (excluding diaryl/α,β-unsaturated/α-hetero) is 1. The molecule has 2 aromatic rings. The zero-order valence-corrected chi connectivity index (χ0v) is 17.1. The number of carbonyl (C=O) groups is 2. The lowest BCUT2D eigenvalue weighted by Gasteiger charge is -2.36. The Bertz CT molecular complexity index is 824. The molecule has 3 rings (SSSR count). The van der Waals surface area contributed by atoms with Crippen molar-refractivity contribution in [3.8, 4) is 0 Å². The van der Waals surface area contributed by atoms with Crippen molar-refractivity contribution in [2.24, 2.45) is 0 Å². The fourth-order valence-corrected chi connectivity index (χ4v) is 4.36. The fourth-order valence-electron chi connectivity index (χ4n) is 3.42. The average molecular weight is 411 g/mol. The zero-order valence-electron chi connectivity index (χ0n) is 15.5. The minimum Gasteiger partial charge on any atom is -0.333 e. The summed E-state index contributed by atoms with van der Waals surface area (Å²) in [5.41, 5.74) is 1.50. The van der Waals surface area contributed by atoms with Gasteiger partial charge in [-0.05, 0) is 37.6 Å². The standard InChI is InChI=1S/C20H23FN2O2S.ClH/c1-13-10-17(14(2)26-13)19(24)6-7-20(25)23-9-8-22-12-18(23)15-4-3-5-16(21)11-15;/h3-5,10-11,18,22H,6-9,12H2,1-2H3;1H. The number of ketones is 1. The minimum absolute atomic E-state index is 0. The number of halogens is 2. The zero-order chi connectivity index (χ0) is 18.7. The summed E-state index contributed by atoms with van der Waals surface area (Å²) in [7, 11) is 0. The molecule has 1 unspecified atom stereocenters. The highest BCUT2D eigenvalue weighted by molar-refractivity contribution is 7.12. The van der Waals surface area contributed by atoms with Crippen LogP contribution in [0.1, 0.15) is 44.6 Å². The van der Waals surface area contributed by atoms with E-state index in [1.54, 1.807) is 22.3 Å². The van der Waals surface area contributed by atoms with Gasteiger partial charge in [0.15, 0.2) is 5.78 Å². The Balaban J connectivity index is 0.00000261. The maximum absolute atomic E-state index is 13.6. The number of nitrogens with zero attached hydrogens (tertiary/aromatic N) is 1. The maximum Gasteiger partial charge on any atom is 0.223 e. The molecule has 1 aliphatic rings. The van der Waals surface area contributed by atoms with Crippen molar-refractivity contribution in [1.29, 1.82) is 0 Å². The van der Waals surface area contributed by atoms with Crippen LogP contribution in [0.4, 0.5) is 4.39 Å². The van der Waals surface area contributed by atoms with E-state index in [1.807, 2.05) is 26.0 Å². The van der Waals surface area contributed by atoms with Crippen LogP contribution in [0.2, 0.25) is 0 Å². The molecule has 146 valence electrons. The monoisotopic (exact) mass is 410 g/mol. The number of aryl methyl sites for hydroxylation is 2. The average Bonchev–Trinajstić information content (AvgIpc) is 2.97. The van der Waals surface area contributed by atoms with Crippen LogP contribution in [-0.4, -0.2) is 36.2 Å². The van der Waals surface area contributed by atoms with E-state index in [2.05, 4.69) is 5.32 Å². The van der Waals surface area contributed by atoms with Gasteiger partial charge in [0.05, 0.1) is 6.04 Å². The number of nitrogens with one attached hydrogen (secondary N) is 1. The third-order valence-electron chi connectivity index (χ3n) is 4.70.